The van der Waals surface area contributed by atoms with Crippen molar-refractivity contribution in [2.45, 2.75) is 32.4 Å². The van der Waals surface area contributed by atoms with Gasteiger partial charge in [-0.3, -0.25) is 4.98 Å². The zero-order chi connectivity index (χ0) is 19.2. The Morgan fingerprint density at radius 1 is 1.33 bits per heavy atom. The Morgan fingerprint density at radius 3 is 2.81 bits per heavy atom. The van der Waals surface area contributed by atoms with Gasteiger partial charge >= 0.3 is 6.03 Å². The van der Waals surface area contributed by atoms with Crippen LogP contribution in [0.1, 0.15) is 24.0 Å². The summed E-state index contributed by atoms with van der Waals surface area (Å²) in [7, 11) is 4.01. The first-order valence-electron chi connectivity index (χ1n) is 9.37. The minimum Gasteiger partial charge on any atom is -0.378 e. The molecule has 0 radical (unpaired) electrons. The number of aromatic nitrogens is 1. The molecule has 1 aliphatic heterocycles. The number of ether oxygens (including phenoxy) is 1. The monoisotopic (exact) mass is 368 g/mol. The number of anilines is 2. The molecule has 1 fully saturated rings. The quantitative estimate of drug-likeness (QED) is 0.845. The standard InChI is InChI=1S/C21H28N4O2/c1-16-12-18(24(2)3)8-9-20(16)23-21(26)25(15-19-7-5-11-27-19)14-17-6-4-10-22-13-17/h4,6,8-10,12-13,19H,5,7,11,14-15H2,1-3H3,(H,23,26). The van der Waals surface area contributed by atoms with Crippen molar-refractivity contribution in [1.82, 2.24) is 9.88 Å². The molecule has 2 aromatic rings. The van der Waals surface area contributed by atoms with Crippen molar-refractivity contribution >= 4 is 17.4 Å². The minimum atomic E-state index is -0.116. The highest BCUT2D eigenvalue weighted by Crippen LogP contribution is 2.22. The van der Waals surface area contributed by atoms with Crippen LogP contribution < -0.4 is 10.2 Å². The predicted octanol–water partition coefficient (Wildman–Crippen LogP) is 3.67. The molecule has 0 bridgehead atoms. The van der Waals surface area contributed by atoms with E-state index < -0.39 is 0 Å². The van der Waals surface area contributed by atoms with Gasteiger partial charge in [0.05, 0.1) is 6.10 Å². The van der Waals surface area contributed by atoms with Crippen LogP contribution in [0.25, 0.3) is 0 Å². The molecule has 27 heavy (non-hydrogen) atoms. The summed E-state index contributed by atoms with van der Waals surface area (Å²) in [5, 5.41) is 3.06. The van der Waals surface area contributed by atoms with Gasteiger partial charge in [0.15, 0.2) is 0 Å². The molecule has 0 saturated carbocycles. The zero-order valence-corrected chi connectivity index (χ0v) is 16.3. The Bertz CT molecular complexity index is 758. The highest BCUT2D eigenvalue weighted by atomic mass is 16.5. The third-order valence-corrected chi connectivity index (χ3v) is 4.80. The summed E-state index contributed by atoms with van der Waals surface area (Å²) in [5.74, 6) is 0. The van der Waals surface area contributed by atoms with E-state index in [-0.39, 0.29) is 12.1 Å². The highest BCUT2D eigenvalue weighted by Gasteiger charge is 2.23. The van der Waals surface area contributed by atoms with Gasteiger partial charge in [-0.25, -0.2) is 4.79 Å². The van der Waals surface area contributed by atoms with Crippen LogP contribution in [0.5, 0.6) is 0 Å². The summed E-state index contributed by atoms with van der Waals surface area (Å²) < 4.78 is 5.74. The lowest BCUT2D eigenvalue weighted by atomic mass is 10.1. The fourth-order valence-electron chi connectivity index (χ4n) is 3.23. The molecule has 1 N–H and O–H groups in total. The van der Waals surface area contributed by atoms with Gasteiger partial charge < -0.3 is 19.9 Å². The van der Waals surface area contributed by atoms with Crippen LogP contribution in [0.15, 0.2) is 42.7 Å². The SMILES string of the molecule is Cc1cc(N(C)C)ccc1NC(=O)N(Cc1cccnc1)CC1CCCO1. The average molecular weight is 368 g/mol. The van der Waals surface area contributed by atoms with Crippen LogP contribution in [0.2, 0.25) is 0 Å². The van der Waals surface area contributed by atoms with Gasteiger partial charge in [-0.15, -0.1) is 0 Å². The number of urea groups is 1. The van der Waals surface area contributed by atoms with E-state index in [1.807, 2.05) is 55.1 Å². The Labute approximate surface area is 161 Å². The summed E-state index contributed by atoms with van der Waals surface area (Å²) in [6.07, 6.45) is 5.69. The molecule has 2 heterocycles. The van der Waals surface area contributed by atoms with Crippen molar-refractivity contribution in [3.05, 3.63) is 53.9 Å². The number of amides is 2. The van der Waals surface area contributed by atoms with Crippen molar-refractivity contribution in [3.63, 3.8) is 0 Å². The third-order valence-electron chi connectivity index (χ3n) is 4.80. The summed E-state index contributed by atoms with van der Waals surface area (Å²) in [5.41, 5.74) is 3.98. The van der Waals surface area contributed by atoms with E-state index in [0.29, 0.717) is 13.1 Å². The average Bonchev–Trinajstić information content (AvgIpc) is 3.16. The van der Waals surface area contributed by atoms with E-state index in [2.05, 4.69) is 16.4 Å². The lowest BCUT2D eigenvalue weighted by Crippen LogP contribution is -2.39. The van der Waals surface area contributed by atoms with E-state index >= 15 is 0 Å². The number of aryl methyl sites for hydroxylation is 1. The number of carbonyl (C=O) groups excluding carboxylic acids is 1. The van der Waals surface area contributed by atoms with Gasteiger partial charge in [-0.1, -0.05) is 6.07 Å². The van der Waals surface area contributed by atoms with Crippen LogP contribution in [0, 0.1) is 6.92 Å². The highest BCUT2D eigenvalue weighted by molar-refractivity contribution is 5.90. The first-order chi connectivity index (χ1) is 13.0. The van der Waals surface area contributed by atoms with Gasteiger partial charge in [0, 0.05) is 57.6 Å². The fraction of sp³-hybridized carbons (Fsp3) is 0.429. The Hall–Kier alpha value is -2.60. The van der Waals surface area contributed by atoms with Gasteiger partial charge in [0.2, 0.25) is 0 Å². The lowest BCUT2D eigenvalue weighted by Gasteiger charge is -2.26. The fourth-order valence-corrected chi connectivity index (χ4v) is 3.23. The molecule has 1 aromatic heterocycles. The van der Waals surface area contributed by atoms with Crippen LogP contribution >= 0.6 is 0 Å². The van der Waals surface area contributed by atoms with Crippen molar-refractivity contribution < 1.29 is 9.53 Å². The number of rotatable bonds is 6. The molecule has 1 unspecified atom stereocenters. The van der Waals surface area contributed by atoms with Crippen molar-refractivity contribution in [3.8, 4) is 0 Å². The smallest absolute Gasteiger partial charge is 0.322 e. The van der Waals surface area contributed by atoms with Crippen molar-refractivity contribution in [2.24, 2.45) is 0 Å². The van der Waals surface area contributed by atoms with Crippen LogP contribution in [-0.2, 0) is 11.3 Å². The maximum absolute atomic E-state index is 13.0. The molecule has 6 heteroatoms. The van der Waals surface area contributed by atoms with Gasteiger partial charge in [0.1, 0.15) is 0 Å². The zero-order valence-electron chi connectivity index (χ0n) is 16.3. The van der Waals surface area contributed by atoms with Gasteiger partial charge in [0.25, 0.3) is 0 Å². The number of pyridine rings is 1. The second kappa shape index (κ2) is 8.86. The second-order valence-corrected chi connectivity index (χ2v) is 7.20. The Balaban J connectivity index is 1.73. The van der Waals surface area contributed by atoms with Crippen molar-refractivity contribution in [2.75, 3.05) is 37.5 Å². The molecule has 2 amide bonds. The predicted molar refractivity (Wildman–Crippen MR) is 108 cm³/mol. The minimum absolute atomic E-state index is 0.102. The van der Waals surface area contributed by atoms with Gasteiger partial charge in [-0.2, -0.15) is 0 Å². The molecule has 6 nitrogen and oxygen atoms in total. The summed E-state index contributed by atoms with van der Waals surface area (Å²) in [4.78, 5) is 21.0. The van der Waals surface area contributed by atoms with Crippen molar-refractivity contribution in [1.29, 1.82) is 0 Å². The number of nitrogens with one attached hydrogen (secondary N) is 1. The normalized spacial score (nSPS) is 16.2. The first-order valence-corrected chi connectivity index (χ1v) is 9.37. The Morgan fingerprint density at radius 2 is 2.19 bits per heavy atom. The molecule has 0 spiro atoms. The van der Waals surface area contributed by atoms with E-state index in [4.69, 9.17) is 4.74 Å². The van der Waals surface area contributed by atoms with Crippen LogP contribution in [0.4, 0.5) is 16.2 Å². The molecule has 1 aromatic carbocycles. The first kappa shape index (κ1) is 19.2. The largest absolute Gasteiger partial charge is 0.378 e. The second-order valence-electron chi connectivity index (χ2n) is 7.20. The number of carbonyl (C=O) groups is 1. The summed E-state index contributed by atoms with van der Waals surface area (Å²) >= 11 is 0. The lowest BCUT2D eigenvalue weighted by molar-refractivity contribution is 0.0819. The van der Waals surface area contributed by atoms with E-state index in [1.54, 1.807) is 12.4 Å². The van der Waals surface area contributed by atoms with E-state index in [0.717, 1.165) is 42.0 Å². The van der Waals surface area contributed by atoms with E-state index in [9.17, 15) is 4.79 Å². The summed E-state index contributed by atoms with van der Waals surface area (Å²) in [6.45, 7) is 3.87. The number of hydrogen-bond acceptors (Lipinski definition) is 4. The molecule has 3 rings (SSSR count). The number of hydrogen-bond donors (Lipinski definition) is 1. The third kappa shape index (κ3) is 5.20. The number of benzene rings is 1. The van der Waals surface area contributed by atoms with Crippen LogP contribution in [0.3, 0.4) is 0 Å². The topological polar surface area (TPSA) is 57.7 Å². The molecule has 0 aliphatic carbocycles. The Kier molecular flexibility index (Phi) is 6.29. The molecule has 1 saturated heterocycles. The summed E-state index contributed by atoms with van der Waals surface area (Å²) in [6, 6.07) is 9.79. The molecular weight excluding hydrogens is 340 g/mol. The maximum Gasteiger partial charge on any atom is 0.322 e. The maximum atomic E-state index is 13.0. The van der Waals surface area contributed by atoms with Gasteiger partial charge in [-0.05, 0) is 55.2 Å². The molecule has 144 valence electrons. The molecular formula is C21H28N4O2. The van der Waals surface area contributed by atoms with Crippen LogP contribution in [-0.4, -0.2) is 49.3 Å². The number of nitrogens with zero attached hydrogens (tertiary/aromatic N) is 3. The molecule has 1 aliphatic rings. The van der Waals surface area contributed by atoms with E-state index in [1.165, 1.54) is 0 Å². The molecule has 1 atom stereocenters.